The number of fused-ring (bicyclic) bond motifs is 14. The third-order valence-electron chi connectivity index (χ3n) is 13.3. The lowest BCUT2D eigenvalue weighted by molar-refractivity contribution is 0.794. The summed E-state index contributed by atoms with van der Waals surface area (Å²) >= 11 is 1.91. The van der Waals surface area contributed by atoms with Crippen LogP contribution < -0.4 is 4.90 Å². The van der Waals surface area contributed by atoms with Gasteiger partial charge in [0.25, 0.3) is 0 Å². The zero-order valence-corrected chi connectivity index (χ0v) is 34.0. The molecule has 61 heavy (non-hydrogen) atoms. The summed E-state index contributed by atoms with van der Waals surface area (Å²) < 4.78 is 2.58. The molecule has 1 spiro atoms. The van der Waals surface area contributed by atoms with E-state index in [4.69, 9.17) is 0 Å². The van der Waals surface area contributed by atoms with Crippen LogP contribution in [-0.4, -0.2) is 0 Å². The molecule has 0 saturated carbocycles. The van der Waals surface area contributed by atoms with E-state index in [2.05, 4.69) is 229 Å². The van der Waals surface area contributed by atoms with Gasteiger partial charge in [-0.2, -0.15) is 0 Å². The van der Waals surface area contributed by atoms with Crippen LogP contribution in [0.1, 0.15) is 22.3 Å². The molecule has 0 aliphatic heterocycles. The summed E-state index contributed by atoms with van der Waals surface area (Å²) in [4.78, 5) is 2.55. The minimum atomic E-state index is -0.437. The molecule has 0 saturated heterocycles. The molecule has 13 rings (SSSR count). The molecule has 0 amide bonds. The molecule has 11 aromatic rings. The van der Waals surface area contributed by atoms with Crippen molar-refractivity contribution in [3.05, 3.63) is 247 Å². The molecule has 2 aliphatic carbocycles. The molecule has 0 bridgehead atoms. The Balaban J connectivity index is 1.09. The van der Waals surface area contributed by atoms with Crippen LogP contribution in [0.5, 0.6) is 0 Å². The van der Waals surface area contributed by atoms with Gasteiger partial charge in [-0.25, -0.2) is 0 Å². The summed E-state index contributed by atoms with van der Waals surface area (Å²) in [6, 6.07) is 83.4. The largest absolute Gasteiger partial charge is 0.308 e. The normalized spacial score (nSPS) is 13.0. The fourth-order valence-corrected chi connectivity index (χ4v) is 12.2. The Bertz CT molecular complexity index is 3490. The summed E-state index contributed by atoms with van der Waals surface area (Å²) in [5.41, 5.74) is 18.6. The number of thiophene rings is 1. The maximum Gasteiger partial charge on any atom is 0.0726 e. The number of hydrogen-bond acceptors (Lipinski definition) is 2. The molecule has 1 heterocycles. The highest BCUT2D eigenvalue weighted by Crippen LogP contribution is 2.65. The molecule has 0 radical (unpaired) electrons. The number of hydrogen-bond donors (Lipinski definition) is 0. The van der Waals surface area contributed by atoms with E-state index in [9.17, 15) is 0 Å². The van der Waals surface area contributed by atoms with Crippen molar-refractivity contribution in [3.8, 4) is 44.5 Å². The van der Waals surface area contributed by atoms with Gasteiger partial charge in [-0.1, -0.05) is 200 Å². The summed E-state index contributed by atoms with van der Waals surface area (Å²) in [6.07, 6.45) is 0. The Hall–Kier alpha value is -7.52. The van der Waals surface area contributed by atoms with Crippen LogP contribution in [0.3, 0.4) is 0 Å². The predicted molar refractivity (Wildman–Crippen MR) is 259 cm³/mol. The van der Waals surface area contributed by atoms with Crippen molar-refractivity contribution in [2.75, 3.05) is 4.90 Å². The first-order valence-electron chi connectivity index (χ1n) is 21.1. The van der Waals surface area contributed by atoms with Gasteiger partial charge in [-0.15, -0.1) is 11.3 Å². The molecule has 2 heteroatoms. The monoisotopic (exact) mass is 791 g/mol. The van der Waals surface area contributed by atoms with Gasteiger partial charge in [0.15, 0.2) is 0 Å². The molecule has 0 N–H and O–H groups in total. The van der Waals surface area contributed by atoms with Crippen molar-refractivity contribution < 1.29 is 0 Å². The lowest BCUT2D eigenvalue weighted by Gasteiger charge is -2.32. The van der Waals surface area contributed by atoms with Gasteiger partial charge >= 0.3 is 0 Å². The van der Waals surface area contributed by atoms with Crippen LogP contribution in [0.25, 0.3) is 75.5 Å². The van der Waals surface area contributed by atoms with Crippen LogP contribution in [0.2, 0.25) is 0 Å². The average molecular weight is 792 g/mol. The second-order valence-corrected chi connectivity index (χ2v) is 17.3. The molecule has 1 aromatic heterocycles. The second-order valence-electron chi connectivity index (χ2n) is 16.3. The standard InChI is InChI=1S/C59H37NS/c1-2-16-39(17-3-1)44-25-13-26-47-48-27-14-33-55(58(48)61-57(44)47)60(41-36-34-40(35-37-41)43-24-12-19-38-18-4-5-20-42(38)43)54-32-15-31-53-56(54)49-23-8-11-30-52(49)59(53)50-28-9-6-21-45(50)46-22-7-10-29-51(46)59/h1-37H. The summed E-state index contributed by atoms with van der Waals surface area (Å²) in [5, 5.41) is 5.07. The van der Waals surface area contributed by atoms with Crippen LogP contribution in [0, 0.1) is 0 Å². The molecule has 2 aliphatic rings. The fourth-order valence-electron chi connectivity index (χ4n) is 10.8. The Labute approximate surface area is 359 Å². The Morgan fingerprint density at radius 3 is 1.57 bits per heavy atom. The van der Waals surface area contributed by atoms with E-state index in [1.807, 2.05) is 11.3 Å². The van der Waals surface area contributed by atoms with Gasteiger partial charge in [0.05, 0.1) is 21.5 Å². The van der Waals surface area contributed by atoms with E-state index < -0.39 is 5.41 Å². The van der Waals surface area contributed by atoms with E-state index in [1.165, 1.54) is 109 Å². The van der Waals surface area contributed by atoms with Gasteiger partial charge in [-0.05, 0) is 96.2 Å². The third-order valence-corrected chi connectivity index (χ3v) is 14.6. The van der Waals surface area contributed by atoms with Crippen LogP contribution in [0.15, 0.2) is 224 Å². The van der Waals surface area contributed by atoms with Crippen molar-refractivity contribution in [1.29, 1.82) is 0 Å². The number of anilines is 3. The number of benzene rings is 10. The van der Waals surface area contributed by atoms with E-state index >= 15 is 0 Å². The van der Waals surface area contributed by atoms with Crippen molar-refractivity contribution in [2.45, 2.75) is 5.41 Å². The van der Waals surface area contributed by atoms with Gasteiger partial charge in [0, 0.05) is 26.7 Å². The zero-order valence-electron chi connectivity index (χ0n) is 33.2. The maximum absolute atomic E-state index is 2.55. The lowest BCUT2D eigenvalue weighted by atomic mass is 9.70. The van der Waals surface area contributed by atoms with E-state index in [0.717, 1.165) is 5.69 Å². The third kappa shape index (κ3) is 4.83. The number of rotatable bonds is 5. The highest BCUT2D eigenvalue weighted by Gasteiger charge is 2.52. The second kappa shape index (κ2) is 13.2. The Morgan fingerprint density at radius 1 is 0.311 bits per heavy atom. The highest BCUT2D eigenvalue weighted by molar-refractivity contribution is 7.27. The molecular weight excluding hydrogens is 755 g/mol. The molecule has 284 valence electrons. The first kappa shape index (κ1) is 34.4. The SMILES string of the molecule is c1ccc(-c2cccc3c2sc2c(N(c4ccc(-c5cccc6ccccc56)cc4)c4cccc5c4-c4ccccc4C54c5ccccc5-c5ccccc54)cccc23)cc1. The van der Waals surface area contributed by atoms with Crippen LogP contribution in [-0.2, 0) is 5.41 Å². The quantitative estimate of drug-likeness (QED) is 0.168. The summed E-state index contributed by atoms with van der Waals surface area (Å²) in [5.74, 6) is 0. The van der Waals surface area contributed by atoms with Crippen molar-refractivity contribution in [1.82, 2.24) is 0 Å². The zero-order chi connectivity index (χ0) is 40.1. The van der Waals surface area contributed by atoms with Crippen molar-refractivity contribution >= 4 is 59.3 Å². The molecular formula is C59H37NS. The lowest BCUT2D eigenvalue weighted by Crippen LogP contribution is -2.26. The molecule has 10 aromatic carbocycles. The Kier molecular flexibility index (Phi) is 7.46. The molecule has 0 atom stereocenters. The topological polar surface area (TPSA) is 3.24 Å². The van der Waals surface area contributed by atoms with Crippen LogP contribution in [0.4, 0.5) is 17.1 Å². The van der Waals surface area contributed by atoms with Gasteiger partial charge in [0.1, 0.15) is 0 Å². The van der Waals surface area contributed by atoms with Crippen molar-refractivity contribution in [2.24, 2.45) is 0 Å². The van der Waals surface area contributed by atoms with Crippen molar-refractivity contribution in [3.63, 3.8) is 0 Å². The molecule has 0 fully saturated rings. The smallest absolute Gasteiger partial charge is 0.0726 e. The van der Waals surface area contributed by atoms with E-state index in [-0.39, 0.29) is 0 Å². The van der Waals surface area contributed by atoms with Gasteiger partial charge < -0.3 is 4.90 Å². The van der Waals surface area contributed by atoms with E-state index in [0.29, 0.717) is 0 Å². The highest BCUT2D eigenvalue weighted by atomic mass is 32.1. The minimum Gasteiger partial charge on any atom is -0.308 e. The first-order valence-corrected chi connectivity index (χ1v) is 21.9. The minimum absolute atomic E-state index is 0.437. The van der Waals surface area contributed by atoms with Gasteiger partial charge in [-0.3, -0.25) is 0 Å². The summed E-state index contributed by atoms with van der Waals surface area (Å²) in [6.45, 7) is 0. The number of nitrogens with zero attached hydrogens (tertiary/aromatic N) is 1. The molecule has 0 unspecified atom stereocenters. The van der Waals surface area contributed by atoms with Gasteiger partial charge in [0.2, 0.25) is 0 Å². The summed E-state index contributed by atoms with van der Waals surface area (Å²) in [7, 11) is 0. The van der Waals surface area contributed by atoms with E-state index in [1.54, 1.807) is 0 Å². The predicted octanol–water partition coefficient (Wildman–Crippen LogP) is 16.4. The van der Waals surface area contributed by atoms with Crippen LogP contribution >= 0.6 is 11.3 Å². The average Bonchev–Trinajstić information content (AvgIpc) is 3.97. The maximum atomic E-state index is 2.55. The first-order chi connectivity index (χ1) is 30.3. The fraction of sp³-hybridized carbons (Fsp3) is 0.0169. The molecule has 1 nitrogen and oxygen atoms in total. The Morgan fingerprint density at radius 2 is 0.803 bits per heavy atom.